The number of aryl methyl sites for hydroxylation is 1. The average Bonchev–Trinajstić information content (AvgIpc) is 2.33. The zero-order valence-electron chi connectivity index (χ0n) is 10.6. The first-order valence-electron chi connectivity index (χ1n) is 6.13. The predicted octanol–water partition coefficient (Wildman–Crippen LogP) is 4.30. The van der Waals surface area contributed by atoms with E-state index in [1.807, 2.05) is 37.3 Å². The number of anilines is 1. The number of hydrogen-bond acceptors (Lipinski definition) is 2. The number of aromatic nitrogens is 1. The summed E-state index contributed by atoms with van der Waals surface area (Å²) in [4.78, 5) is 4.38. The quantitative estimate of drug-likeness (QED) is 0.836. The van der Waals surface area contributed by atoms with E-state index in [9.17, 15) is 13.2 Å². The molecule has 0 aliphatic rings. The number of pyridine rings is 1. The van der Waals surface area contributed by atoms with Gasteiger partial charge in [0, 0.05) is 29.7 Å². The van der Waals surface area contributed by atoms with E-state index < -0.39 is 12.6 Å². The highest BCUT2D eigenvalue weighted by Crippen LogP contribution is 2.24. The maximum Gasteiger partial charge on any atom is 0.389 e. The normalized spacial score (nSPS) is 11.8. The minimum atomic E-state index is -4.09. The second kappa shape index (κ2) is 5.47. The number of rotatable bonds is 4. The number of nitrogens with zero attached hydrogens (tertiary/aromatic N) is 1. The SMILES string of the molecule is Cc1cc(NCCCC(F)(F)F)c2ccccc2n1. The standard InChI is InChI=1S/C14H15F3N2/c1-10-9-13(18-8-4-7-14(15,16)17)11-5-2-3-6-12(11)19-10/h2-3,5-6,9H,4,7-8H2,1H3,(H,18,19). The summed E-state index contributed by atoms with van der Waals surface area (Å²) in [6.07, 6.45) is -4.78. The zero-order chi connectivity index (χ0) is 13.9. The molecule has 1 aromatic heterocycles. The second-order valence-corrected chi connectivity index (χ2v) is 4.47. The molecule has 0 amide bonds. The van der Waals surface area contributed by atoms with Gasteiger partial charge in [-0.1, -0.05) is 18.2 Å². The van der Waals surface area contributed by atoms with Crippen molar-refractivity contribution < 1.29 is 13.2 Å². The summed E-state index contributed by atoms with van der Waals surface area (Å²) in [5.41, 5.74) is 2.53. The Hall–Kier alpha value is -1.78. The Bertz CT molecular complexity index is 564. The lowest BCUT2D eigenvalue weighted by molar-refractivity contribution is -0.134. The summed E-state index contributed by atoms with van der Waals surface area (Å²) in [5.74, 6) is 0. The molecule has 0 radical (unpaired) electrons. The van der Waals surface area contributed by atoms with Crippen molar-refractivity contribution in [2.45, 2.75) is 25.9 Å². The van der Waals surface area contributed by atoms with Crippen molar-refractivity contribution >= 4 is 16.6 Å². The second-order valence-electron chi connectivity index (χ2n) is 4.47. The molecule has 0 saturated carbocycles. The number of para-hydroxylation sites is 1. The summed E-state index contributed by atoms with van der Waals surface area (Å²) in [6, 6.07) is 9.44. The Morgan fingerprint density at radius 3 is 2.68 bits per heavy atom. The highest BCUT2D eigenvalue weighted by atomic mass is 19.4. The molecule has 0 aliphatic carbocycles. The molecule has 5 heteroatoms. The molecular weight excluding hydrogens is 253 g/mol. The molecule has 102 valence electrons. The van der Waals surface area contributed by atoms with Crippen LogP contribution < -0.4 is 5.32 Å². The highest BCUT2D eigenvalue weighted by Gasteiger charge is 2.25. The van der Waals surface area contributed by atoms with Crippen LogP contribution in [0.3, 0.4) is 0 Å². The van der Waals surface area contributed by atoms with Crippen LogP contribution in [0.5, 0.6) is 0 Å². The van der Waals surface area contributed by atoms with Crippen LogP contribution in [-0.4, -0.2) is 17.7 Å². The summed E-state index contributed by atoms with van der Waals surface area (Å²) < 4.78 is 36.2. The van der Waals surface area contributed by atoms with Gasteiger partial charge in [-0.15, -0.1) is 0 Å². The minimum Gasteiger partial charge on any atom is -0.384 e. The number of halogens is 3. The van der Waals surface area contributed by atoms with Crippen LogP contribution >= 0.6 is 0 Å². The molecule has 0 saturated heterocycles. The van der Waals surface area contributed by atoms with E-state index >= 15 is 0 Å². The van der Waals surface area contributed by atoms with E-state index in [1.165, 1.54) is 0 Å². The summed E-state index contributed by atoms with van der Waals surface area (Å²) in [7, 11) is 0. The van der Waals surface area contributed by atoms with Gasteiger partial charge in [0.15, 0.2) is 0 Å². The molecule has 2 nitrogen and oxygen atoms in total. The van der Waals surface area contributed by atoms with Crippen LogP contribution in [0.4, 0.5) is 18.9 Å². The van der Waals surface area contributed by atoms with Gasteiger partial charge in [0.05, 0.1) is 5.52 Å². The third-order valence-electron chi connectivity index (χ3n) is 2.80. The molecule has 0 atom stereocenters. The topological polar surface area (TPSA) is 24.9 Å². The summed E-state index contributed by atoms with van der Waals surface area (Å²) in [6.45, 7) is 2.17. The maximum absolute atomic E-state index is 12.1. The molecule has 0 fully saturated rings. The lowest BCUT2D eigenvalue weighted by Gasteiger charge is -2.11. The van der Waals surface area contributed by atoms with Crippen LogP contribution in [-0.2, 0) is 0 Å². The summed E-state index contributed by atoms with van der Waals surface area (Å²) in [5, 5.41) is 3.99. The van der Waals surface area contributed by atoms with Gasteiger partial charge in [-0.2, -0.15) is 13.2 Å². The monoisotopic (exact) mass is 268 g/mol. The Kier molecular flexibility index (Phi) is 3.93. The van der Waals surface area contributed by atoms with Crippen molar-refractivity contribution in [1.82, 2.24) is 4.98 Å². The smallest absolute Gasteiger partial charge is 0.384 e. The van der Waals surface area contributed by atoms with Gasteiger partial charge in [-0.25, -0.2) is 0 Å². The van der Waals surface area contributed by atoms with E-state index in [2.05, 4.69) is 10.3 Å². The molecule has 1 N–H and O–H groups in total. The van der Waals surface area contributed by atoms with Gasteiger partial charge in [-0.05, 0) is 25.5 Å². The van der Waals surface area contributed by atoms with Crippen molar-refractivity contribution in [3.05, 3.63) is 36.0 Å². The third-order valence-corrected chi connectivity index (χ3v) is 2.80. The van der Waals surface area contributed by atoms with E-state index in [0.29, 0.717) is 6.54 Å². The number of nitrogens with one attached hydrogen (secondary N) is 1. The molecule has 1 heterocycles. The molecule has 0 spiro atoms. The van der Waals surface area contributed by atoms with E-state index in [1.54, 1.807) is 0 Å². The molecular formula is C14H15F3N2. The third kappa shape index (κ3) is 3.84. The van der Waals surface area contributed by atoms with Crippen molar-refractivity contribution in [1.29, 1.82) is 0 Å². The predicted molar refractivity (Wildman–Crippen MR) is 70.3 cm³/mol. The van der Waals surface area contributed by atoms with Crippen LogP contribution in [0, 0.1) is 6.92 Å². The van der Waals surface area contributed by atoms with Crippen molar-refractivity contribution in [3.8, 4) is 0 Å². The van der Waals surface area contributed by atoms with Gasteiger partial charge in [-0.3, -0.25) is 4.98 Å². The molecule has 2 rings (SSSR count). The fourth-order valence-corrected chi connectivity index (χ4v) is 1.97. The molecule has 0 bridgehead atoms. The van der Waals surface area contributed by atoms with Crippen LogP contribution in [0.1, 0.15) is 18.5 Å². The summed E-state index contributed by atoms with van der Waals surface area (Å²) >= 11 is 0. The number of alkyl halides is 3. The van der Waals surface area contributed by atoms with Crippen LogP contribution in [0.2, 0.25) is 0 Å². The largest absolute Gasteiger partial charge is 0.389 e. The van der Waals surface area contributed by atoms with Gasteiger partial charge in [0.25, 0.3) is 0 Å². The Balaban J connectivity index is 2.08. The average molecular weight is 268 g/mol. The van der Waals surface area contributed by atoms with Crippen LogP contribution in [0.25, 0.3) is 10.9 Å². The van der Waals surface area contributed by atoms with E-state index in [0.717, 1.165) is 22.3 Å². The van der Waals surface area contributed by atoms with Crippen molar-refractivity contribution in [2.24, 2.45) is 0 Å². The molecule has 0 aliphatic heterocycles. The van der Waals surface area contributed by atoms with E-state index in [4.69, 9.17) is 0 Å². The molecule has 19 heavy (non-hydrogen) atoms. The highest BCUT2D eigenvalue weighted by molar-refractivity contribution is 5.91. The maximum atomic E-state index is 12.1. The zero-order valence-corrected chi connectivity index (χ0v) is 10.6. The Labute approximate surface area is 109 Å². The first-order valence-corrected chi connectivity index (χ1v) is 6.13. The fourth-order valence-electron chi connectivity index (χ4n) is 1.97. The minimum absolute atomic E-state index is 0.0686. The number of hydrogen-bond donors (Lipinski definition) is 1. The number of benzene rings is 1. The lowest BCUT2D eigenvalue weighted by Crippen LogP contribution is -2.11. The fraction of sp³-hybridized carbons (Fsp3) is 0.357. The molecule has 1 aromatic carbocycles. The Morgan fingerprint density at radius 2 is 1.95 bits per heavy atom. The lowest BCUT2D eigenvalue weighted by atomic mass is 10.1. The van der Waals surface area contributed by atoms with Crippen LogP contribution in [0.15, 0.2) is 30.3 Å². The van der Waals surface area contributed by atoms with Crippen molar-refractivity contribution in [3.63, 3.8) is 0 Å². The van der Waals surface area contributed by atoms with Gasteiger partial charge < -0.3 is 5.32 Å². The Morgan fingerprint density at radius 1 is 1.21 bits per heavy atom. The first kappa shape index (κ1) is 13.6. The van der Waals surface area contributed by atoms with E-state index in [-0.39, 0.29) is 6.42 Å². The number of fused-ring (bicyclic) bond motifs is 1. The van der Waals surface area contributed by atoms with Gasteiger partial charge >= 0.3 is 6.18 Å². The molecule has 2 aromatic rings. The first-order chi connectivity index (χ1) is 8.96. The molecule has 0 unspecified atom stereocenters. The van der Waals surface area contributed by atoms with Gasteiger partial charge in [0.2, 0.25) is 0 Å². The van der Waals surface area contributed by atoms with Gasteiger partial charge in [0.1, 0.15) is 0 Å². The van der Waals surface area contributed by atoms with Crippen molar-refractivity contribution in [2.75, 3.05) is 11.9 Å².